The highest BCUT2D eigenvalue weighted by atomic mass is 32.2. The quantitative estimate of drug-likeness (QED) is 0.404. The molecular formula is C18H20F3N5O3S2. The molecule has 0 radical (unpaired) electrons. The van der Waals surface area contributed by atoms with Gasteiger partial charge in [-0.15, -0.1) is 11.3 Å². The average molecular weight is 476 g/mol. The van der Waals surface area contributed by atoms with Gasteiger partial charge in [-0.25, -0.2) is 15.0 Å². The van der Waals surface area contributed by atoms with Gasteiger partial charge >= 0.3 is 6.18 Å². The van der Waals surface area contributed by atoms with Crippen molar-refractivity contribution in [1.29, 1.82) is 0 Å². The number of anilines is 2. The van der Waals surface area contributed by atoms with Crippen molar-refractivity contribution in [3.63, 3.8) is 0 Å². The normalized spacial score (nSPS) is 12.9. The highest BCUT2D eigenvalue weighted by Crippen LogP contribution is 2.44. The predicted octanol–water partition coefficient (Wildman–Crippen LogP) is 2.90. The van der Waals surface area contributed by atoms with Gasteiger partial charge in [0.05, 0.1) is 34.4 Å². The number of nitrogens with two attached hydrogens (primary N) is 1. The highest BCUT2D eigenvalue weighted by Gasteiger charge is 2.36. The Kier molecular flexibility index (Phi) is 7.41. The smallest absolute Gasteiger partial charge is 0.396 e. The molecule has 4 N–H and O–H groups in total. The number of hydrogen-bond acceptors (Lipinski definition) is 9. The van der Waals surface area contributed by atoms with Gasteiger partial charge in [-0.3, -0.25) is 4.21 Å². The molecule has 0 aromatic carbocycles. The van der Waals surface area contributed by atoms with E-state index in [2.05, 4.69) is 20.3 Å². The van der Waals surface area contributed by atoms with Crippen molar-refractivity contribution in [3.05, 3.63) is 24.0 Å². The van der Waals surface area contributed by atoms with Crippen LogP contribution >= 0.6 is 11.3 Å². The maximum atomic E-state index is 13.8. The predicted molar refractivity (Wildman–Crippen MR) is 113 cm³/mol. The van der Waals surface area contributed by atoms with Gasteiger partial charge < -0.3 is 20.9 Å². The zero-order valence-electron chi connectivity index (χ0n) is 16.4. The topological polar surface area (TPSA) is 123 Å². The number of nitrogens with zero attached hydrogens (tertiary/aromatic N) is 3. The zero-order chi connectivity index (χ0) is 22.6. The fourth-order valence-corrected chi connectivity index (χ4v) is 5.41. The van der Waals surface area contributed by atoms with Crippen LogP contribution in [-0.2, 0) is 21.7 Å². The Bertz CT molecular complexity index is 1070. The number of halogens is 3. The van der Waals surface area contributed by atoms with E-state index in [0.717, 1.165) is 17.4 Å². The summed E-state index contributed by atoms with van der Waals surface area (Å²) in [6, 6.07) is 0.891. The van der Waals surface area contributed by atoms with E-state index in [9.17, 15) is 17.4 Å². The van der Waals surface area contributed by atoms with E-state index in [1.54, 1.807) is 0 Å². The fourth-order valence-electron chi connectivity index (χ4n) is 2.79. The number of fused-ring (bicyclic) bond motifs is 1. The number of aliphatic hydroxyl groups is 1. The Morgan fingerprint density at radius 2 is 2.03 bits per heavy atom. The second kappa shape index (κ2) is 9.85. The van der Waals surface area contributed by atoms with Gasteiger partial charge in [-0.1, -0.05) is 0 Å². The first-order chi connectivity index (χ1) is 14.8. The van der Waals surface area contributed by atoms with E-state index in [-0.39, 0.29) is 56.2 Å². The van der Waals surface area contributed by atoms with E-state index in [0.29, 0.717) is 13.0 Å². The molecule has 3 aromatic heterocycles. The molecule has 0 amide bonds. The number of ether oxygens (including phenoxy) is 1. The van der Waals surface area contributed by atoms with Gasteiger partial charge in [0.25, 0.3) is 0 Å². The van der Waals surface area contributed by atoms with E-state index in [1.165, 1.54) is 19.5 Å². The third kappa shape index (κ3) is 5.29. The highest BCUT2D eigenvalue weighted by molar-refractivity contribution is 7.87. The van der Waals surface area contributed by atoms with Crippen molar-refractivity contribution in [2.45, 2.75) is 16.8 Å². The lowest BCUT2D eigenvalue weighted by Crippen LogP contribution is -2.09. The van der Waals surface area contributed by atoms with Crippen molar-refractivity contribution >= 4 is 44.0 Å². The molecule has 31 heavy (non-hydrogen) atoms. The number of nitrogen functional groups attached to an aromatic ring is 1. The molecule has 0 aliphatic heterocycles. The Balaban J connectivity index is 2.06. The minimum absolute atomic E-state index is 0.0199. The molecule has 0 saturated carbocycles. The SMILES string of the molecule is COCCC[S@@](=O)c1sc2nc(-c3cnc(NCCO)nc3)cc(C(F)(F)F)c2c1N. The first-order valence-corrected chi connectivity index (χ1v) is 11.2. The number of methoxy groups -OCH3 is 1. The number of aromatic nitrogens is 3. The van der Waals surface area contributed by atoms with Gasteiger partial charge in [0.15, 0.2) is 0 Å². The molecule has 0 aliphatic rings. The van der Waals surface area contributed by atoms with Crippen LogP contribution in [-0.4, -0.2) is 56.9 Å². The fraction of sp³-hybridized carbons (Fsp3) is 0.389. The summed E-state index contributed by atoms with van der Waals surface area (Å²) in [5.74, 6) is 0.443. The Morgan fingerprint density at radius 1 is 1.32 bits per heavy atom. The number of alkyl halides is 3. The van der Waals surface area contributed by atoms with E-state index < -0.39 is 22.5 Å². The number of aliphatic hydroxyl groups excluding tert-OH is 1. The third-order valence-electron chi connectivity index (χ3n) is 4.20. The van der Waals surface area contributed by atoms with Gasteiger partial charge in [-0.2, -0.15) is 13.2 Å². The number of thiophene rings is 1. The van der Waals surface area contributed by atoms with Crippen molar-refractivity contribution in [2.75, 3.05) is 43.7 Å². The molecule has 3 aromatic rings. The van der Waals surface area contributed by atoms with Crippen LogP contribution < -0.4 is 11.1 Å². The van der Waals surface area contributed by atoms with E-state index in [4.69, 9.17) is 15.6 Å². The van der Waals surface area contributed by atoms with Gasteiger partial charge in [0, 0.05) is 49.4 Å². The van der Waals surface area contributed by atoms with Crippen LogP contribution in [0, 0.1) is 0 Å². The van der Waals surface area contributed by atoms with Crippen LogP contribution in [0.25, 0.3) is 21.5 Å². The summed E-state index contributed by atoms with van der Waals surface area (Å²) >= 11 is 0.885. The van der Waals surface area contributed by atoms with Crippen LogP contribution in [0.1, 0.15) is 12.0 Å². The lowest BCUT2D eigenvalue weighted by Gasteiger charge is -2.11. The molecule has 13 heteroatoms. The van der Waals surface area contributed by atoms with E-state index in [1.807, 2.05) is 0 Å². The van der Waals surface area contributed by atoms with Crippen molar-refractivity contribution in [1.82, 2.24) is 15.0 Å². The summed E-state index contributed by atoms with van der Waals surface area (Å²) in [6.07, 6.45) is -1.54. The van der Waals surface area contributed by atoms with Crippen LogP contribution in [0.15, 0.2) is 22.7 Å². The number of rotatable bonds is 9. The van der Waals surface area contributed by atoms with Gasteiger partial charge in [-0.05, 0) is 12.5 Å². The summed E-state index contributed by atoms with van der Waals surface area (Å²) in [6.45, 7) is 0.504. The Morgan fingerprint density at radius 3 is 2.65 bits per heavy atom. The molecular weight excluding hydrogens is 455 g/mol. The average Bonchev–Trinajstić information content (AvgIpc) is 3.08. The monoisotopic (exact) mass is 475 g/mol. The molecule has 8 nitrogen and oxygen atoms in total. The first kappa shape index (κ1) is 23.3. The second-order valence-electron chi connectivity index (χ2n) is 6.38. The molecule has 1 atom stereocenters. The minimum atomic E-state index is -4.69. The second-order valence-corrected chi connectivity index (χ2v) is 9.14. The first-order valence-electron chi connectivity index (χ1n) is 9.11. The summed E-state index contributed by atoms with van der Waals surface area (Å²) in [5, 5.41) is 11.3. The summed E-state index contributed by atoms with van der Waals surface area (Å²) in [5.41, 5.74) is 5.16. The minimum Gasteiger partial charge on any atom is -0.396 e. The summed E-state index contributed by atoms with van der Waals surface area (Å²) < 4.78 is 59.1. The van der Waals surface area contributed by atoms with Gasteiger partial charge in [0.2, 0.25) is 5.95 Å². The maximum absolute atomic E-state index is 13.8. The zero-order valence-corrected chi connectivity index (χ0v) is 18.0. The number of pyridine rings is 1. The summed E-state index contributed by atoms with van der Waals surface area (Å²) in [4.78, 5) is 12.4. The Labute approximate surface area is 182 Å². The van der Waals surface area contributed by atoms with Crippen molar-refractivity contribution in [3.8, 4) is 11.3 Å². The van der Waals surface area contributed by atoms with Crippen LogP contribution in [0.4, 0.5) is 24.8 Å². The van der Waals surface area contributed by atoms with Crippen LogP contribution in [0.5, 0.6) is 0 Å². The number of nitrogens with one attached hydrogen (secondary N) is 1. The number of hydrogen-bond donors (Lipinski definition) is 3. The third-order valence-corrected chi connectivity index (χ3v) is 7.19. The molecule has 0 unspecified atom stereocenters. The van der Waals surface area contributed by atoms with Gasteiger partial charge in [0.1, 0.15) is 9.04 Å². The molecule has 0 fully saturated rings. The molecule has 3 rings (SSSR count). The van der Waals surface area contributed by atoms with Crippen LogP contribution in [0.2, 0.25) is 0 Å². The maximum Gasteiger partial charge on any atom is 0.417 e. The molecule has 168 valence electrons. The van der Waals surface area contributed by atoms with Crippen molar-refractivity contribution in [2.24, 2.45) is 0 Å². The molecule has 3 heterocycles. The molecule has 0 aliphatic carbocycles. The lowest BCUT2D eigenvalue weighted by atomic mass is 10.1. The molecule has 0 saturated heterocycles. The standard InChI is InChI=1S/C18H20F3N5O3S2/c1-29-5-2-6-31(28)16-14(22)13-11(18(19,20)21)7-12(26-15(13)30-16)10-8-24-17(25-9-10)23-3-4-27/h7-9,27H,2-6,22H2,1H3,(H,23,24,25)/t31-/m1/s1. The van der Waals surface area contributed by atoms with Crippen LogP contribution in [0.3, 0.4) is 0 Å². The van der Waals surface area contributed by atoms with Crippen molar-refractivity contribution < 1.29 is 27.2 Å². The Hall–Kier alpha value is -2.35. The molecule has 0 spiro atoms. The van der Waals surface area contributed by atoms with E-state index >= 15 is 0 Å². The lowest BCUT2D eigenvalue weighted by molar-refractivity contribution is -0.136. The largest absolute Gasteiger partial charge is 0.417 e. The summed E-state index contributed by atoms with van der Waals surface area (Å²) in [7, 11) is -0.0583. The molecule has 0 bridgehead atoms.